The summed E-state index contributed by atoms with van der Waals surface area (Å²) in [5, 5.41) is 12.0. The highest BCUT2D eigenvalue weighted by molar-refractivity contribution is 6.05. The van der Waals surface area contributed by atoms with E-state index in [0.717, 1.165) is 5.56 Å². The molecule has 1 aromatic heterocycles. The number of furan rings is 1. The molecule has 0 bridgehead atoms. The third-order valence-corrected chi connectivity index (χ3v) is 4.16. The highest BCUT2D eigenvalue weighted by Gasteiger charge is 2.15. The Morgan fingerprint density at radius 1 is 0.964 bits per heavy atom. The maximum atomic E-state index is 12.8. The Hall–Kier alpha value is -3.45. The van der Waals surface area contributed by atoms with Crippen LogP contribution in [0.1, 0.15) is 16.1 Å². The number of aliphatic hydroxyl groups is 1. The molecule has 0 saturated carbocycles. The van der Waals surface area contributed by atoms with Crippen molar-refractivity contribution < 1.29 is 28.5 Å². The Labute approximate surface area is 162 Å². The van der Waals surface area contributed by atoms with E-state index in [1.807, 2.05) is 6.07 Å². The van der Waals surface area contributed by atoms with Crippen LogP contribution in [0.3, 0.4) is 0 Å². The second-order valence-corrected chi connectivity index (χ2v) is 5.89. The minimum absolute atomic E-state index is 0.183. The highest BCUT2D eigenvalue weighted by Crippen LogP contribution is 2.32. The first-order valence-electron chi connectivity index (χ1n) is 8.50. The summed E-state index contributed by atoms with van der Waals surface area (Å²) in [6.07, 6.45) is 0. The van der Waals surface area contributed by atoms with Crippen LogP contribution >= 0.6 is 0 Å². The van der Waals surface area contributed by atoms with E-state index in [4.69, 9.17) is 18.6 Å². The van der Waals surface area contributed by atoms with E-state index >= 15 is 0 Å². The number of amides is 1. The lowest BCUT2D eigenvalue weighted by molar-refractivity contribution is 0.102. The first-order valence-corrected chi connectivity index (χ1v) is 8.50. The Morgan fingerprint density at radius 3 is 2.25 bits per heavy atom. The summed E-state index contributed by atoms with van der Waals surface area (Å²) in [6.45, 7) is -0.183. The average Bonchev–Trinajstić information content (AvgIpc) is 3.22. The van der Waals surface area contributed by atoms with Gasteiger partial charge in [-0.3, -0.25) is 4.79 Å². The van der Waals surface area contributed by atoms with Crippen LogP contribution in [-0.2, 0) is 6.61 Å². The summed E-state index contributed by atoms with van der Waals surface area (Å²) >= 11 is 0. The molecule has 1 heterocycles. The lowest BCUT2D eigenvalue weighted by Crippen LogP contribution is -2.13. The van der Waals surface area contributed by atoms with Gasteiger partial charge in [0.25, 0.3) is 5.91 Å². The third kappa shape index (κ3) is 4.10. The molecule has 2 aromatic carbocycles. The average molecular weight is 383 g/mol. The largest absolute Gasteiger partial charge is 0.497 e. The standard InChI is InChI=1S/C21H21NO6/c1-25-16-8-14(9-17(11-16)26-2)21(24)22-18-10-13(4-6-20(18)27-3)19-7-5-15(12-23)28-19/h4-11,23H,12H2,1-3H3,(H,22,24). The van der Waals surface area contributed by atoms with Crippen molar-refractivity contribution >= 4 is 11.6 Å². The number of anilines is 1. The van der Waals surface area contributed by atoms with Gasteiger partial charge in [-0.25, -0.2) is 0 Å². The molecule has 28 heavy (non-hydrogen) atoms. The molecule has 0 aliphatic heterocycles. The molecule has 0 spiro atoms. The summed E-state index contributed by atoms with van der Waals surface area (Å²) in [6, 6.07) is 13.7. The highest BCUT2D eigenvalue weighted by atomic mass is 16.5. The van der Waals surface area contributed by atoms with Gasteiger partial charge in [-0.1, -0.05) is 0 Å². The number of carbonyl (C=O) groups excluding carboxylic acids is 1. The summed E-state index contributed by atoms with van der Waals surface area (Å²) in [5.74, 6) is 2.21. The van der Waals surface area contributed by atoms with Crippen molar-refractivity contribution in [3.05, 3.63) is 59.9 Å². The third-order valence-electron chi connectivity index (χ3n) is 4.16. The zero-order valence-corrected chi connectivity index (χ0v) is 15.8. The molecule has 0 unspecified atom stereocenters. The molecule has 0 saturated heterocycles. The van der Waals surface area contributed by atoms with Crippen molar-refractivity contribution in [2.24, 2.45) is 0 Å². The lowest BCUT2D eigenvalue weighted by atomic mass is 10.1. The zero-order valence-electron chi connectivity index (χ0n) is 15.8. The molecule has 0 aliphatic rings. The van der Waals surface area contributed by atoms with Crippen LogP contribution in [0.5, 0.6) is 17.2 Å². The SMILES string of the molecule is COc1cc(OC)cc(C(=O)Nc2cc(-c3ccc(CO)o3)ccc2OC)c1. The van der Waals surface area contributed by atoms with Gasteiger partial charge in [0.1, 0.15) is 35.4 Å². The van der Waals surface area contributed by atoms with Gasteiger partial charge in [0.15, 0.2) is 0 Å². The van der Waals surface area contributed by atoms with Crippen LogP contribution in [0.2, 0.25) is 0 Å². The molecule has 146 valence electrons. The predicted molar refractivity (Wildman–Crippen MR) is 104 cm³/mol. The smallest absolute Gasteiger partial charge is 0.256 e. The molecule has 0 radical (unpaired) electrons. The second kappa shape index (κ2) is 8.49. The van der Waals surface area contributed by atoms with Crippen LogP contribution in [0, 0.1) is 0 Å². The van der Waals surface area contributed by atoms with E-state index in [2.05, 4.69) is 5.32 Å². The van der Waals surface area contributed by atoms with Gasteiger partial charge < -0.3 is 29.1 Å². The van der Waals surface area contributed by atoms with Gasteiger partial charge >= 0.3 is 0 Å². The normalized spacial score (nSPS) is 10.4. The van der Waals surface area contributed by atoms with Crippen LogP contribution in [0.15, 0.2) is 52.9 Å². The molecule has 0 atom stereocenters. The van der Waals surface area contributed by atoms with Gasteiger partial charge in [-0.05, 0) is 42.5 Å². The molecule has 2 N–H and O–H groups in total. The van der Waals surface area contributed by atoms with E-state index in [9.17, 15) is 9.90 Å². The second-order valence-electron chi connectivity index (χ2n) is 5.89. The number of aliphatic hydroxyl groups excluding tert-OH is 1. The molecule has 7 heteroatoms. The van der Waals surface area contributed by atoms with E-state index in [1.165, 1.54) is 21.3 Å². The molecule has 3 rings (SSSR count). The van der Waals surface area contributed by atoms with Gasteiger partial charge in [0.2, 0.25) is 0 Å². The summed E-state index contributed by atoms with van der Waals surface area (Å²) in [4.78, 5) is 12.8. The minimum atomic E-state index is -0.344. The minimum Gasteiger partial charge on any atom is -0.497 e. The van der Waals surface area contributed by atoms with E-state index in [1.54, 1.807) is 42.5 Å². The van der Waals surface area contributed by atoms with Gasteiger partial charge in [0, 0.05) is 17.2 Å². The number of hydrogen-bond acceptors (Lipinski definition) is 6. The maximum absolute atomic E-state index is 12.8. The maximum Gasteiger partial charge on any atom is 0.256 e. The van der Waals surface area contributed by atoms with Crippen LogP contribution in [0.4, 0.5) is 5.69 Å². The first kappa shape index (κ1) is 19.3. The molecule has 0 aliphatic carbocycles. The number of methoxy groups -OCH3 is 3. The summed E-state index contributed by atoms with van der Waals surface area (Å²) in [7, 11) is 4.57. The van der Waals surface area contributed by atoms with Crippen LogP contribution < -0.4 is 19.5 Å². The Morgan fingerprint density at radius 2 is 1.68 bits per heavy atom. The van der Waals surface area contributed by atoms with Crippen molar-refractivity contribution in [3.63, 3.8) is 0 Å². The van der Waals surface area contributed by atoms with Crippen LogP contribution in [-0.4, -0.2) is 32.3 Å². The predicted octanol–water partition coefficient (Wildman–Crippen LogP) is 3.72. The fraction of sp³-hybridized carbons (Fsp3) is 0.190. The molecular formula is C21H21NO6. The zero-order chi connectivity index (χ0) is 20.1. The van der Waals surface area contributed by atoms with E-state index in [0.29, 0.717) is 40.0 Å². The fourth-order valence-electron chi connectivity index (χ4n) is 2.71. The van der Waals surface area contributed by atoms with Crippen molar-refractivity contribution in [3.8, 4) is 28.6 Å². The number of benzene rings is 2. The van der Waals surface area contributed by atoms with Crippen molar-refractivity contribution in [1.82, 2.24) is 0 Å². The van der Waals surface area contributed by atoms with Crippen molar-refractivity contribution in [1.29, 1.82) is 0 Å². The van der Waals surface area contributed by atoms with E-state index < -0.39 is 0 Å². The molecule has 1 amide bonds. The molecule has 0 fully saturated rings. The van der Waals surface area contributed by atoms with Gasteiger partial charge in [0.05, 0.1) is 27.0 Å². The summed E-state index contributed by atoms with van der Waals surface area (Å²) in [5.41, 5.74) is 1.59. The number of carbonyl (C=O) groups is 1. The molecular weight excluding hydrogens is 362 g/mol. The number of rotatable bonds is 7. The van der Waals surface area contributed by atoms with Crippen molar-refractivity contribution in [2.45, 2.75) is 6.61 Å². The Kier molecular flexibility index (Phi) is 5.86. The Bertz CT molecular complexity index is 957. The fourth-order valence-corrected chi connectivity index (χ4v) is 2.71. The van der Waals surface area contributed by atoms with Crippen LogP contribution in [0.25, 0.3) is 11.3 Å². The summed E-state index contributed by atoms with van der Waals surface area (Å²) < 4.78 is 21.3. The molecule has 3 aromatic rings. The first-order chi connectivity index (χ1) is 13.6. The topological polar surface area (TPSA) is 90.2 Å². The lowest BCUT2D eigenvalue weighted by Gasteiger charge is -2.13. The Balaban J connectivity index is 1.92. The van der Waals surface area contributed by atoms with Gasteiger partial charge in [-0.2, -0.15) is 0 Å². The van der Waals surface area contributed by atoms with Crippen molar-refractivity contribution in [2.75, 3.05) is 26.6 Å². The number of ether oxygens (including phenoxy) is 3. The van der Waals surface area contributed by atoms with E-state index in [-0.39, 0.29) is 12.5 Å². The molecule has 7 nitrogen and oxygen atoms in total. The monoisotopic (exact) mass is 383 g/mol. The number of hydrogen-bond donors (Lipinski definition) is 2. The number of nitrogens with one attached hydrogen (secondary N) is 1. The quantitative estimate of drug-likeness (QED) is 0.646. The van der Waals surface area contributed by atoms with Gasteiger partial charge in [-0.15, -0.1) is 0 Å².